The standard InChI is InChI=1S/C17H18N2O3S/c1-11(15-3-2-8-23-15)10-18-16(20)17(21)19-13-4-5-14-12(9-13)6-7-22-14/h2-5,8-9,11H,6-7,10H2,1H3,(H,18,20)(H,19,21). The highest BCUT2D eigenvalue weighted by Gasteiger charge is 2.17. The van der Waals surface area contributed by atoms with Crippen molar-refractivity contribution in [2.75, 3.05) is 18.5 Å². The van der Waals surface area contributed by atoms with E-state index >= 15 is 0 Å². The summed E-state index contributed by atoms with van der Waals surface area (Å²) in [5.74, 6) is -0.242. The Morgan fingerprint density at radius 3 is 2.96 bits per heavy atom. The molecule has 120 valence electrons. The highest BCUT2D eigenvalue weighted by atomic mass is 32.1. The molecule has 0 fully saturated rings. The molecule has 2 heterocycles. The summed E-state index contributed by atoms with van der Waals surface area (Å²) in [5, 5.41) is 7.30. The third-order valence-corrected chi connectivity index (χ3v) is 4.86. The van der Waals surface area contributed by atoms with Crippen molar-refractivity contribution in [3.8, 4) is 5.75 Å². The summed E-state index contributed by atoms with van der Waals surface area (Å²) >= 11 is 1.64. The first-order chi connectivity index (χ1) is 11.1. The van der Waals surface area contributed by atoms with E-state index in [0.29, 0.717) is 18.8 Å². The summed E-state index contributed by atoms with van der Waals surface area (Å²) in [6.07, 6.45) is 0.823. The van der Waals surface area contributed by atoms with Gasteiger partial charge in [0, 0.05) is 29.4 Å². The molecule has 0 saturated carbocycles. The van der Waals surface area contributed by atoms with Gasteiger partial charge in [0.15, 0.2) is 0 Å². The minimum absolute atomic E-state index is 0.184. The molecule has 1 unspecified atom stereocenters. The van der Waals surface area contributed by atoms with Gasteiger partial charge in [-0.3, -0.25) is 9.59 Å². The molecule has 1 aliphatic rings. The number of nitrogens with one attached hydrogen (secondary N) is 2. The number of fused-ring (bicyclic) bond motifs is 1. The monoisotopic (exact) mass is 330 g/mol. The van der Waals surface area contributed by atoms with Gasteiger partial charge in [-0.1, -0.05) is 13.0 Å². The molecule has 0 bridgehead atoms. The molecule has 0 spiro atoms. The molecule has 1 aromatic carbocycles. The van der Waals surface area contributed by atoms with Crippen molar-refractivity contribution in [1.29, 1.82) is 0 Å². The summed E-state index contributed by atoms with van der Waals surface area (Å²) in [6.45, 7) is 3.11. The van der Waals surface area contributed by atoms with Gasteiger partial charge in [-0.15, -0.1) is 11.3 Å². The Hall–Kier alpha value is -2.34. The van der Waals surface area contributed by atoms with Crippen LogP contribution in [0, 0.1) is 0 Å². The average Bonchev–Trinajstić information content (AvgIpc) is 3.22. The summed E-state index contributed by atoms with van der Waals surface area (Å²) in [5.41, 5.74) is 1.66. The number of amides is 2. The molecule has 1 atom stereocenters. The number of carbonyl (C=O) groups is 2. The van der Waals surface area contributed by atoms with Crippen LogP contribution in [-0.2, 0) is 16.0 Å². The van der Waals surface area contributed by atoms with Gasteiger partial charge in [-0.05, 0) is 35.2 Å². The van der Waals surface area contributed by atoms with Crippen LogP contribution in [0.2, 0.25) is 0 Å². The van der Waals surface area contributed by atoms with Gasteiger partial charge in [0.2, 0.25) is 0 Å². The van der Waals surface area contributed by atoms with Gasteiger partial charge in [0.25, 0.3) is 0 Å². The van der Waals surface area contributed by atoms with E-state index in [-0.39, 0.29) is 5.92 Å². The van der Waals surface area contributed by atoms with Gasteiger partial charge in [0.1, 0.15) is 5.75 Å². The molecule has 0 radical (unpaired) electrons. The Kier molecular flexibility index (Phi) is 4.62. The molecule has 0 aliphatic carbocycles. The third kappa shape index (κ3) is 3.71. The Morgan fingerprint density at radius 1 is 1.30 bits per heavy atom. The number of carbonyl (C=O) groups excluding carboxylic acids is 2. The predicted octanol–water partition coefficient (Wildman–Crippen LogP) is 2.54. The van der Waals surface area contributed by atoms with Crippen LogP contribution in [0.25, 0.3) is 0 Å². The number of ether oxygens (including phenoxy) is 1. The predicted molar refractivity (Wildman–Crippen MR) is 90.0 cm³/mol. The molecule has 2 N–H and O–H groups in total. The van der Waals surface area contributed by atoms with E-state index in [1.807, 2.05) is 36.6 Å². The summed E-state index contributed by atoms with van der Waals surface area (Å²) in [7, 11) is 0. The van der Waals surface area contributed by atoms with Crippen LogP contribution >= 0.6 is 11.3 Å². The fourth-order valence-corrected chi connectivity index (χ4v) is 3.24. The Balaban J connectivity index is 1.52. The van der Waals surface area contributed by atoms with Gasteiger partial charge >= 0.3 is 11.8 Å². The van der Waals surface area contributed by atoms with Crippen LogP contribution in [0.1, 0.15) is 23.3 Å². The zero-order valence-corrected chi connectivity index (χ0v) is 13.6. The number of benzene rings is 1. The van der Waals surface area contributed by atoms with Gasteiger partial charge in [0.05, 0.1) is 6.61 Å². The van der Waals surface area contributed by atoms with Gasteiger partial charge in [-0.2, -0.15) is 0 Å². The molecular weight excluding hydrogens is 312 g/mol. The second kappa shape index (κ2) is 6.83. The van der Waals surface area contributed by atoms with Crippen molar-refractivity contribution >= 4 is 28.8 Å². The molecule has 23 heavy (non-hydrogen) atoms. The fourth-order valence-electron chi connectivity index (χ4n) is 2.45. The van der Waals surface area contributed by atoms with E-state index in [4.69, 9.17) is 4.74 Å². The van der Waals surface area contributed by atoms with Crippen molar-refractivity contribution in [1.82, 2.24) is 5.32 Å². The lowest BCUT2D eigenvalue weighted by Gasteiger charge is -2.11. The smallest absolute Gasteiger partial charge is 0.313 e. The van der Waals surface area contributed by atoms with E-state index in [2.05, 4.69) is 10.6 Å². The lowest BCUT2D eigenvalue weighted by molar-refractivity contribution is -0.136. The first-order valence-corrected chi connectivity index (χ1v) is 8.40. The van der Waals surface area contributed by atoms with Crippen molar-refractivity contribution in [2.45, 2.75) is 19.3 Å². The van der Waals surface area contributed by atoms with Crippen LogP contribution in [0.15, 0.2) is 35.7 Å². The van der Waals surface area contributed by atoms with Gasteiger partial charge in [-0.25, -0.2) is 0 Å². The van der Waals surface area contributed by atoms with Crippen LogP contribution in [0.5, 0.6) is 5.75 Å². The van der Waals surface area contributed by atoms with Gasteiger partial charge < -0.3 is 15.4 Å². The van der Waals surface area contributed by atoms with Crippen LogP contribution in [0.3, 0.4) is 0 Å². The molecule has 0 saturated heterocycles. The molecule has 1 aliphatic heterocycles. The minimum atomic E-state index is -0.651. The number of hydrogen-bond donors (Lipinski definition) is 2. The van der Waals surface area contributed by atoms with Crippen LogP contribution in [-0.4, -0.2) is 25.0 Å². The number of thiophene rings is 1. The van der Waals surface area contributed by atoms with E-state index < -0.39 is 11.8 Å². The van der Waals surface area contributed by atoms with E-state index in [1.54, 1.807) is 17.4 Å². The minimum Gasteiger partial charge on any atom is -0.493 e. The summed E-state index contributed by atoms with van der Waals surface area (Å²) in [6, 6.07) is 9.40. The fraction of sp³-hybridized carbons (Fsp3) is 0.294. The summed E-state index contributed by atoms with van der Waals surface area (Å²) in [4.78, 5) is 25.1. The van der Waals surface area contributed by atoms with Crippen molar-refractivity contribution in [2.24, 2.45) is 0 Å². The molecule has 2 amide bonds. The highest BCUT2D eigenvalue weighted by Crippen LogP contribution is 2.27. The Morgan fingerprint density at radius 2 is 2.17 bits per heavy atom. The number of rotatable bonds is 4. The maximum absolute atomic E-state index is 12.0. The largest absolute Gasteiger partial charge is 0.493 e. The molecular formula is C17H18N2O3S. The molecule has 1 aromatic heterocycles. The number of hydrogen-bond acceptors (Lipinski definition) is 4. The Labute approximate surface area is 138 Å². The lowest BCUT2D eigenvalue weighted by Crippen LogP contribution is -2.37. The normalized spacial score (nSPS) is 13.8. The zero-order chi connectivity index (χ0) is 16.2. The molecule has 2 aromatic rings. The molecule has 5 nitrogen and oxygen atoms in total. The third-order valence-electron chi connectivity index (χ3n) is 3.75. The maximum atomic E-state index is 12.0. The highest BCUT2D eigenvalue weighted by molar-refractivity contribution is 7.10. The van der Waals surface area contributed by atoms with E-state index in [1.165, 1.54) is 4.88 Å². The molecule has 6 heteroatoms. The lowest BCUT2D eigenvalue weighted by atomic mass is 10.1. The van der Waals surface area contributed by atoms with Crippen molar-refractivity contribution < 1.29 is 14.3 Å². The van der Waals surface area contributed by atoms with Crippen LogP contribution < -0.4 is 15.4 Å². The second-order valence-corrected chi connectivity index (χ2v) is 6.48. The zero-order valence-electron chi connectivity index (χ0n) is 12.8. The second-order valence-electron chi connectivity index (χ2n) is 5.50. The first kappa shape index (κ1) is 15.6. The summed E-state index contributed by atoms with van der Waals surface area (Å²) < 4.78 is 5.42. The SMILES string of the molecule is CC(CNC(=O)C(=O)Nc1ccc2c(c1)CCO2)c1cccs1. The first-order valence-electron chi connectivity index (χ1n) is 7.52. The van der Waals surface area contributed by atoms with Crippen LogP contribution in [0.4, 0.5) is 5.69 Å². The molecule has 3 rings (SSSR count). The quantitative estimate of drug-likeness (QED) is 0.847. The number of anilines is 1. The van der Waals surface area contributed by atoms with E-state index in [9.17, 15) is 9.59 Å². The topological polar surface area (TPSA) is 67.4 Å². The van der Waals surface area contributed by atoms with E-state index in [0.717, 1.165) is 17.7 Å². The van der Waals surface area contributed by atoms with Crippen molar-refractivity contribution in [3.63, 3.8) is 0 Å². The van der Waals surface area contributed by atoms with Crippen molar-refractivity contribution in [3.05, 3.63) is 46.2 Å². The Bertz CT molecular complexity index is 713. The average molecular weight is 330 g/mol. The maximum Gasteiger partial charge on any atom is 0.313 e.